The van der Waals surface area contributed by atoms with Gasteiger partial charge >= 0.3 is 0 Å². The molecule has 130 valence electrons. The summed E-state index contributed by atoms with van der Waals surface area (Å²) in [4.78, 5) is 4.23. The Labute approximate surface area is 142 Å². The zero-order valence-electron chi connectivity index (χ0n) is 13.9. The molecule has 0 saturated carbocycles. The fourth-order valence-corrected chi connectivity index (χ4v) is 2.59. The molecule has 0 fully saturated rings. The minimum Gasteiger partial charge on any atom is -0.497 e. The van der Waals surface area contributed by atoms with Crippen molar-refractivity contribution < 1.29 is 17.9 Å². The van der Waals surface area contributed by atoms with Crippen LogP contribution >= 0.6 is 0 Å². The third-order valence-electron chi connectivity index (χ3n) is 3.33. The van der Waals surface area contributed by atoms with Gasteiger partial charge in [0.25, 0.3) is 0 Å². The van der Waals surface area contributed by atoms with E-state index in [9.17, 15) is 8.42 Å². The van der Waals surface area contributed by atoms with Crippen molar-refractivity contribution in [1.82, 2.24) is 10.3 Å². The van der Waals surface area contributed by atoms with Crippen LogP contribution in [0.3, 0.4) is 0 Å². The second kappa shape index (κ2) is 8.65. The summed E-state index contributed by atoms with van der Waals surface area (Å²) in [5.74, 6) is 1.54. The molecule has 7 heteroatoms. The first kappa shape index (κ1) is 18.2. The molecule has 0 unspecified atom stereocenters. The molecular weight excluding hydrogens is 328 g/mol. The van der Waals surface area contributed by atoms with Gasteiger partial charge in [-0.15, -0.1) is 0 Å². The smallest absolute Gasteiger partial charge is 0.148 e. The maximum Gasteiger partial charge on any atom is 0.148 e. The van der Waals surface area contributed by atoms with Gasteiger partial charge in [-0.3, -0.25) is 4.98 Å². The highest BCUT2D eigenvalue weighted by Crippen LogP contribution is 2.24. The number of rotatable bonds is 9. The number of aromatic nitrogens is 1. The van der Waals surface area contributed by atoms with Crippen molar-refractivity contribution in [2.24, 2.45) is 0 Å². The fourth-order valence-electron chi connectivity index (χ4n) is 2.08. The van der Waals surface area contributed by atoms with E-state index in [-0.39, 0.29) is 5.75 Å². The van der Waals surface area contributed by atoms with E-state index in [1.807, 2.05) is 36.4 Å². The van der Waals surface area contributed by atoms with Crippen LogP contribution in [0, 0.1) is 0 Å². The lowest BCUT2D eigenvalue weighted by Crippen LogP contribution is -2.22. The first-order valence-electron chi connectivity index (χ1n) is 7.56. The maximum atomic E-state index is 11.2. The zero-order valence-corrected chi connectivity index (χ0v) is 14.7. The Kier molecular flexibility index (Phi) is 6.57. The Bertz CT molecular complexity index is 748. The molecule has 2 aromatic rings. The molecule has 1 N–H and O–H groups in total. The maximum absolute atomic E-state index is 11.2. The van der Waals surface area contributed by atoms with Crippen molar-refractivity contribution in [1.29, 1.82) is 0 Å². The van der Waals surface area contributed by atoms with Gasteiger partial charge in [0.1, 0.15) is 27.9 Å². The standard InChI is InChI=1S/C17H22N2O4S/c1-22-16-6-7-17(23-13-15-5-3-4-8-19-15)14(11-16)12-18-9-10-24(2,20)21/h3-8,11,18H,9-10,12-13H2,1-2H3. The molecule has 24 heavy (non-hydrogen) atoms. The summed E-state index contributed by atoms with van der Waals surface area (Å²) >= 11 is 0. The van der Waals surface area contributed by atoms with E-state index in [1.54, 1.807) is 13.3 Å². The van der Waals surface area contributed by atoms with Crippen molar-refractivity contribution in [3.63, 3.8) is 0 Å². The van der Waals surface area contributed by atoms with Gasteiger partial charge in [0.15, 0.2) is 0 Å². The van der Waals surface area contributed by atoms with Crippen molar-refractivity contribution in [2.45, 2.75) is 13.2 Å². The molecule has 2 rings (SSSR count). The Morgan fingerprint density at radius 3 is 2.71 bits per heavy atom. The van der Waals surface area contributed by atoms with Crippen molar-refractivity contribution in [3.05, 3.63) is 53.9 Å². The third-order valence-corrected chi connectivity index (χ3v) is 4.28. The average Bonchev–Trinajstić information content (AvgIpc) is 2.57. The molecule has 1 heterocycles. The number of sulfone groups is 1. The van der Waals surface area contributed by atoms with Gasteiger partial charge in [-0.1, -0.05) is 6.07 Å². The summed E-state index contributed by atoms with van der Waals surface area (Å²) in [6, 6.07) is 11.2. The molecule has 1 aromatic carbocycles. The van der Waals surface area contributed by atoms with Gasteiger partial charge < -0.3 is 14.8 Å². The van der Waals surface area contributed by atoms with Crippen molar-refractivity contribution >= 4 is 9.84 Å². The lowest BCUT2D eigenvalue weighted by Gasteiger charge is -2.13. The Morgan fingerprint density at radius 2 is 2.04 bits per heavy atom. The summed E-state index contributed by atoms with van der Waals surface area (Å²) in [5.41, 5.74) is 1.74. The molecule has 0 saturated heterocycles. The van der Waals surface area contributed by atoms with Crippen molar-refractivity contribution in [2.75, 3.05) is 25.7 Å². The number of nitrogens with zero attached hydrogens (tertiary/aromatic N) is 1. The molecule has 6 nitrogen and oxygen atoms in total. The summed E-state index contributed by atoms with van der Waals surface area (Å²) in [6.45, 7) is 1.24. The lowest BCUT2D eigenvalue weighted by molar-refractivity contribution is 0.296. The molecule has 0 aliphatic carbocycles. The van der Waals surface area contributed by atoms with E-state index in [1.165, 1.54) is 6.26 Å². The predicted octanol–water partition coefficient (Wildman–Crippen LogP) is 1.80. The highest BCUT2D eigenvalue weighted by Gasteiger charge is 2.08. The first-order valence-corrected chi connectivity index (χ1v) is 9.62. The van der Waals surface area contributed by atoms with E-state index < -0.39 is 9.84 Å². The lowest BCUT2D eigenvalue weighted by atomic mass is 10.2. The summed E-state index contributed by atoms with van der Waals surface area (Å²) in [6.07, 6.45) is 2.95. The first-order chi connectivity index (χ1) is 11.5. The van der Waals surface area contributed by atoms with Gasteiger partial charge in [-0.2, -0.15) is 0 Å². The fraction of sp³-hybridized carbons (Fsp3) is 0.353. The molecule has 0 radical (unpaired) electrons. The molecule has 0 amide bonds. The summed E-state index contributed by atoms with van der Waals surface area (Å²) in [5, 5.41) is 3.12. The number of ether oxygens (including phenoxy) is 2. The quantitative estimate of drug-likeness (QED) is 0.695. The van der Waals surface area contributed by atoms with Gasteiger partial charge in [0.2, 0.25) is 0 Å². The average molecular weight is 350 g/mol. The summed E-state index contributed by atoms with van der Waals surface area (Å²) < 4.78 is 33.4. The second-order valence-corrected chi connectivity index (χ2v) is 7.65. The number of pyridine rings is 1. The van der Waals surface area contributed by atoms with Crippen LogP contribution in [0.5, 0.6) is 11.5 Å². The van der Waals surface area contributed by atoms with Crippen LogP contribution in [0.25, 0.3) is 0 Å². The van der Waals surface area contributed by atoms with Crippen LogP contribution in [0.1, 0.15) is 11.3 Å². The minimum absolute atomic E-state index is 0.0983. The second-order valence-electron chi connectivity index (χ2n) is 5.39. The van der Waals surface area contributed by atoms with E-state index in [2.05, 4.69) is 10.3 Å². The van der Waals surface area contributed by atoms with Crippen molar-refractivity contribution in [3.8, 4) is 11.5 Å². The Hall–Kier alpha value is -2.12. The molecule has 0 atom stereocenters. The van der Waals surface area contributed by atoms with E-state index in [0.29, 0.717) is 25.4 Å². The molecule has 0 aliphatic rings. The molecule has 1 aromatic heterocycles. The largest absolute Gasteiger partial charge is 0.497 e. The van der Waals surface area contributed by atoms with E-state index in [4.69, 9.17) is 9.47 Å². The number of hydrogen-bond donors (Lipinski definition) is 1. The number of hydrogen-bond acceptors (Lipinski definition) is 6. The van der Waals surface area contributed by atoms with Crippen LogP contribution in [-0.4, -0.2) is 39.1 Å². The Balaban J connectivity index is 2.01. The van der Waals surface area contributed by atoms with Crippen LogP contribution in [0.2, 0.25) is 0 Å². The third kappa shape index (κ3) is 6.17. The van der Waals surface area contributed by atoms with Gasteiger partial charge in [0, 0.05) is 31.1 Å². The highest BCUT2D eigenvalue weighted by atomic mass is 32.2. The SMILES string of the molecule is COc1ccc(OCc2ccccn2)c(CNCCS(C)(=O)=O)c1. The highest BCUT2D eigenvalue weighted by molar-refractivity contribution is 7.90. The molecule has 0 spiro atoms. The zero-order chi connectivity index (χ0) is 17.4. The topological polar surface area (TPSA) is 77.5 Å². The van der Waals surface area contributed by atoms with Crippen LogP contribution < -0.4 is 14.8 Å². The van der Waals surface area contributed by atoms with Crippen LogP contribution in [0.4, 0.5) is 0 Å². The summed E-state index contributed by atoms with van der Waals surface area (Å²) in [7, 11) is -1.37. The van der Waals surface area contributed by atoms with E-state index in [0.717, 1.165) is 17.0 Å². The van der Waals surface area contributed by atoms with E-state index >= 15 is 0 Å². The molecular formula is C17H22N2O4S. The van der Waals surface area contributed by atoms with Crippen LogP contribution in [-0.2, 0) is 23.0 Å². The van der Waals surface area contributed by atoms with Gasteiger partial charge in [-0.05, 0) is 30.3 Å². The van der Waals surface area contributed by atoms with Crippen LogP contribution in [0.15, 0.2) is 42.6 Å². The normalized spacial score (nSPS) is 11.2. The monoisotopic (exact) mass is 350 g/mol. The van der Waals surface area contributed by atoms with Gasteiger partial charge in [-0.25, -0.2) is 8.42 Å². The van der Waals surface area contributed by atoms with Gasteiger partial charge in [0.05, 0.1) is 18.6 Å². The number of nitrogens with one attached hydrogen (secondary N) is 1. The predicted molar refractivity (Wildman–Crippen MR) is 93.0 cm³/mol. The molecule has 0 aliphatic heterocycles. The number of benzene rings is 1. The Morgan fingerprint density at radius 1 is 1.21 bits per heavy atom. The minimum atomic E-state index is -2.97. The molecule has 0 bridgehead atoms. The number of methoxy groups -OCH3 is 1.